The molecule has 2 heterocycles. The molecule has 1 unspecified atom stereocenters. The molecule has 0 aromatic carbocycles. The van der Waals surface area contributed by atoms with Gasteiger partial charge in [-0.3, -0.25) is 0 Å². The molecule has 1 aromatic heterocycles. The van der Waals surface area contributed by atoms with Crippen LogP contribution in [0.5, 0.6) is 0 Å². The third kappa shape index (κ3) is 2.35. The van der Waals surface area contributed by atoms with Crippen LogP contribution in [0.3, 0.4) is 0 Å². The monoisotopic (exact) mass is 198 g/mol. The zero-order valence-electron chi connectivity index (χ0n) is 7.90. The lowest BCUT2D eigenvalue weighted by Crippen LogP contribution is -2.27. The van der Waals surface area contributed by atoms with E-state index in [0.29, 0.717) is 12.6 Å². The predicted molar refractivity (Wildman–Crippen MR) is 50.8 cm³/mol. The highest BCUT2D eigenvalue weighted by Gasteiger charge is 2.14. The molecule has 0 spiro atoms. The fourth-order valence-corrected chi connectivity index (χ4v) is 1.48. The lowest BCUT2D eigenvalue weighted by molar-refractivity contribution is 0.0245. The summed E-state index contributed by atoms with van der Waals surface area (Å²) in [6.45, 7) is 1.54. The fourth-order valence-electron chi connectivity index (χ4n) is 1.48. The van der Waals surface area contributed by atoms with Crippen LogP contribution >= 0.6 is 0 Å². The summed E-state index contributed by atoms with van der Waals surface area (Å²) in [6.07, 6.45) is 3.70. The Morgan fingerprint density at radius 2 is 2.36 bits per heavy atom. The first kappa shape index (κ1) is 9.26. The van der Waals surface area contributed by atoms with Crippen molar-refractivity contribution in [3.63, 3.8) is 0 Å². The molecule has 0 saturated carbocycles. The van der Waals surface area contributed by atoms with Crippen LogP contribution in [0.15, 0.2) is 4.42 Å². The molecule has 14 heavy (non-hydrogen) atoms. The Hall–Kier alpha value is -1.30. The number of hydrogen-bond donors (Lipinski definition) is 2. The maximum Gasteiger partial charge on any atom is 0.316 e. The lowest BCUT2D eigenvalue weighted by Gasteiger charge is -2.22. The van der Waals surface area contributed by atoms with E-state index in [2.05, 4.69) is 15.5 Å². The maximum absolute atomic E-state index is 5.52. The molecule has 1 aromatic rings. The molecule has 0 amide bonds. The molecule has 1 aliphatic heterocycles. The number of nitrogen functional groups attached to an aromatic ring is 1. The van der Waals surface area contributed by atoms with E-state index in [-0.39, 0.29) is 12.1 Å². The van der Waals surface area contributed by atoms with Crippen molar-refractivity contribution in [2.24, 2.45) is 0 Å². The van der Waals surface area contributed by atoms with Crippen LogP contribution in [0.25, 0.3) is 0 Å². The van der Waals surface area contributed by atoms with Gasteiger partial charge < -0.3 is 20.2 Å². The minimum Gasteiger partial charge on any atom is -0.390 e. The number of nitrogens with two attached hydrogens (primary N) is 1. The maximum atomic E-state index is 5.52. The molecular formula is C8H14N4O2. The number of anilines is 2. The first-order valence-electron chi connectivity index (χ1n) is 4.79. The van der Waals surface area contributed by atoms with Crippen LogP contribution in [0.4, 0.5) is 12.0 Å². The van der Waals surface area contributed by atoms with Crippen LogP contribution in [-0.4, -0.2) is 29.5 Å². The van der Waals surface area contributed by atoms with Gasteiger partial charge in [-0.2, -0.15) is 0 Å². The summed E-state index contributed by atoms with van der Waals surface area (Å²) in [6, 6.07) is 0.439. The molecule has 6 heteroatoms. The Bertz CT molecular complexity index is 283. The van der Waals surface area contributed by atoms with Crippen molar-refractivity contribution in [1.29, 1.82) is 0 Å². The molecule has 1 fully saturated rings. The summed E-state index contributed by atoms with van der Waals surface area (Å²) in [7, 11) is 0. The summed E-state index contributed by atoms with van der Waals surface area (Å²) in [4.78, 5) is 0. The van der Waals surface area contributed by atoms with Crippen molar-refractivity contribution in [3.8, 4) is 0 Å². The van der Waals surface area contributed by atoms with E-state index in [1.54, 1.807) is 0 Å². The van der Waals surface area contributed by atoms with Crippen molar-refractivity contribution < 1.29 is 9.15 Å². The number of aromatic nitrogens is 2. The number of nitrogens with one attached hydrogen (secondary N) is 1. The van der Waals surface area contributed by atoms with Crippen molar-refractivity contribution in [1.82, 2.24) is 10.2 Å². The average molecular weight is 198 g/mol. The van der Waals surface area contributed by atoms with Crippen LogP contribution in [0.2, 0.25) is 0 Å². The van der Waals surface area contributed by atoms with E-state index in [9.17, 15) is 0 Å². The summed E-state index contributed by atoms with van der Waals surface area (Å²) in [5.41, 5.74) is 5.28. The third-order valence-electron chi connectivity index (χ3n) is 2.20. The fraction of sp³-hybridized carbons (Fsp3) is 0.750. The van der Waals surface area contributed by atoms with Gasteiger partial charge in [0.15, 0.2) is 0 Å². The molecule has 78 valence electrons. The summed E-state index contributed by atoms with van der Waals surface area (Å²) < 4.78 is 10.5. The highest BCUT2D eigenvalue weighted by Crippen LogP contribution is 2.13. The van der Waals surface area contributed by atoms with Crippen LogP contribution in [0.1, 0.15) is 19.3 Å². The Kier molecular flexibility index (Phi) is 2.83. The normalized spacial score (nSPS) is 22.1. The van der Waals surface area contributed by atoms with Gasteiger partial charge in [0, 0.05) is 13.2 Å². The van der Waals surface area contributed by atoms with Gasteiger partial charge in [-0.05, 0) is 19.3 Å². The first-order chi connectivity index (χ1) is 6.84. The van der Waals surface area contributed by atoms with Gasteiger partial charge in [0.1, 0.15) is 0 Å². The minimum atomic E-state index is 0.0806. The van der Waals surface area contributed by atoms with E-state index >= 15 is 0 Å². The molecule has 0 aliphatic carbocycles. The van der Waals surface area contributed by atoms with Crippen molar-refractivity contribution in [2.45, 2.75) is 25.4 Å². The smallest absolute Gasteiger partial charge is 0.316 e. The summed E-state index contributed by atoms with van der Waals surface area (Å²) in [5.74, 6) is 0. The van der Waals surface area contributed by atoms with E-state index in [1.807, 2.05) is 0 Å². The van der Waals surface area contributed by atoms with Gasteiger partial charge in [0.25, 0.3) is 0 Å². The van der Waals surface area contributed by atoms with Gasteiger partial charge in [0.05, 0.1) is 6.10 Å². The van der Waals surface area contributed by atoms with Gasteiger partial charge in [-0.15, -0.1) is 0 Å². The number of hydrogen-bond acceptors (Lipinski definition) is 6. The Morgan fingerprint density at radius 1 is 1.43 bits per heavy atom. The average Bonchev–Trinajstić information content (AvgIpc) is 2.63. The first-order valence-corrected chi connectivity index (χ1v) is 4.79. The van der Waals surface area contributed by atoms with E-state index in [1.165, 1.54) is 6.42 Å². The molecule has 0 radical (unpaired) electrons. The second kappa shape index (κ2) is 4.28. The minimum absolute atomic E-state index is 0.0806. The molecule has 1 aliphatic rings. The Balaban J connectivity index is 1.76. The lowest BCUT2D eigenvalue weighted by atomic mass is 10.1. The number of rotatable bonds is 3. The van der Waals surface area contributed by atoms with Crippen LogP contribution < -0.4 is 11.1 Å². The molecule has 1 saturated heterocycles. The highest BCUT2D eigenvalue weighted by atomic mass is 16.5. The van der Waals surface area contributed by atoms with Gasteiger partial charge in [-0.25, -0.2) is 0 Å². The largest absolute Gasteiger partial charge is 0.390 e. The second-order valence-corrected chi connectivity index (χ2v) is 3.31. The molecular weight excluding hydrogens is 184 g/mol. The zero-order chi connectivity index (χ0) is 9.80. The van der Waals surface area contributed by atoms with E-state index < -0.39 is 0 Å². The summed E-state index contributed by atoms with van der Waals surface area (Å²) in [5, 5.41) is 10.2. The Labute approximate surface area is 81.8 Å². The second-order valence-electron chi connectivity index (χ2n) is 3.31. The number of nitrogens with zero attached hydrogens (tertiary/aromatic N) is 2. The molecule has 1 atom stereocenters. The standard InChI is InChI=1S/C8H14N4O2/c9-7-11-12-8(14-7)10-5-6-3-1-2-4-13-6/h6H,1-5H2,(H2,9,11)(H,10,12). The van der Waals surface area contributed by atoms with Gasteiger partial charge >= 0.3 is 12.0 Å². The van der Waals surface area contributed by atoms with Crippen molar-refractivity contribution in [3.05, 3.63) is 0 Å². The quantitative estimate of drug-likeness (QED) is 0.741. The van der Waals surface area contributed by atoms with Crippen LogP contribution in [0, 0.1) is 0 Å². The molecule has 6 nitrogen and oxygen atoms in total. The van der Waals surface area contributed by atoms with Crippen molar-refractivity contribution >= 4 is 12.0 Å². The SMILES string of the molecule is Nc1nnc(NCC2CCCCO2)o1. The van der Waals surface area contributed by atoms with E-state index in [4.69, 9.17) is 14.9 Å². The topological polar surface area (TPSA) is 86.2 Å². The van der Waals surface area contributed by atoms with Crippen molar-refractivity contribution in [2.75, 3.05) is 24.2 Å². The zero-order valence-corrected chi connectivity index (χ0v) is 7.90. The van der Waals surface area contributed by atoms with Crippen LogP contribution in [-0.2, 0) is 4.74 Å². The van der Waals surface area contributed by atoms with Gasteiger partial charge in [0.2, 0.25) is 0 Å². The Morgan fingerprint density at radius 3 is 3.00 bits per heavy atom. The molecule has 0 bridgehead atoms. The van der Waals surface area contributed by atoms with E-state index in [0.717, 1.165) is 19.4 Å². The third-order valence-corrected chi connectivity index (χ3v) is 2.20. The molecule has 2 rings (SSSR count). The number of ether oxygens (including phenoxy) is 1. The predicted octanol–water partition coefficient (Wildman–Crippen LogP) is 0.633. The highest BCUT2D eigenvalue weighted by molar-refractivity contribution is 5.22. The molecule has 3 N–H and O–H groups in total. The van der Waals surface area contributed by atoms with Gasteiger partial charge in [-0.1, -0.05) is 10.2 Å². The summed E-state index contributed by atoms with van der Waals surface area (Å²) >= 11 is 0.